The molecule has 0 bridgehead atoms. The SMILES string of the molecule is CC(=O)Cc1ccc(OC(=O)SCC(NC(C)=O)C(N)=O)cc1. The summed E-state index contributed by atoms with van der Waals surface area (Å²) in [5.74, 6) is -0.792. The Balaban J connectivity index is 2.51. The molecular formula is C15H18N2O5S. The molecule has 1 unspecified atom stereocenters. The number of rotatable bonds is 7. The number of nitrogens with one attached hydrogen (secondary N) is 1. The van der Waals surface area contributed by atoms with Gasteiger partial charge < -0.3 is 15.8 Å². The Hall–Kier alpha value is -2.35. The molecule has 0 aromatic heterocycles. The van der Waals surface area contributed by atoms with Gasteiger partial charge in [-0.3, -0.25) is 14.4 Å². The second kappa shape index (κ2) is 8.94. The standard InChI is InChI=1S/C15H18N2O5S/c1-9(18)7-11-3-5-12(6-4-11)22-15(21)23-8-13(14(16)20)17-10(2)19/h3-6,13H,7-8H2,1-2H3,(H2,16,20)(H,17,19). The van der Waals surface area contributed by atoms with Gasteiger partial charge in [0.15, 0.2) is 0 Å². The first-order valence-electron chi connectivity index (χ1n) is 6.77. The molecule has 2 amide bonds. The van der Waals surface area contributed by atoms with Crippen LogP contribution in [0.1, 0.15) is 19.4 Å². The fourth-order valence-electron chi connectivity index (χ4n) is 1.68. The Morgan fingerprint density at radius 1 is 1.17 bits per heavy atom. The number of primary amides is 1. The molecule has 0 radical (unpaired) electrons. The molecule has 1 rings (SSSR count). The molecule has 0 heterocycles. The predicted molar refractivity (Wildman–Crippen MR) is 86.1 cm³/mol. The molecule has 0 aliphatic heterocycles. The highest BCUT2D eigenvalue weighted by molar-refractivity contribution is 8.13. The molecule has 0 fully saturated rings. The number of Topliss-reactive ketones (excluding diaryl/α,β-unsaturated/α-hetero) is 1. The number of ether oxygens (including phenoxy) is 1. The van der Waals surface area contributed by atoms with E-state index < -0.39 is 23.2 Å². The van der Waals surface area contributed by atoms with Crippen LogP contribution in [0.2, 0.25) is 0 Å². The highest BCUT2D eigenvalue weighted by Gasteiger charge is 2.19. The molecule has 0 saturated heterocycles. The van der Waals surface area contributed by atoms with E-state index in [4.69, 9.17) is 10.5 Å². The lowest BCUT2D eigenvalue weighted by Crippen LogP contribution is -2.45. The van der Waals surface area contributed by atoms with Crippen molar-refractivity contribution in [3.8, 4) is 5.75 Å². The molecular weight excluding hydrogens is 320 g/mol. The van der Waals surface area contributed by atoms with Crippen LogP contribution in [0, 0.1) is 0 Å². The van der Waals surface area contributed by atoms with Gasteiger partial charge in [-0.15, -0.1) is 0 Å². The van der Waals surface area contributed by atoms with Crippen LogP contribution in [-0.2, 0) is 20.8 Å². The van der Waals surface area contributed by atoms with Crippen LogP contribution < -0.4 is 15.8 Å². The van der Waals surface area contributed by atoms with E-state index in [0.717, 1.165) is 17.3 Å². The maximum Gasteiger partial charge on any atom is 0.372 e. The van der Waals surface area contributed by atoms with E-state index in [0.29, 0.717) is 12.2 Å². The van der Waals surface area contributed by atoms with Gasteiger partial charge in [-0.05, 0) is 36.4 Å². The highest BCUT2D eigenvalue weighted by atomic mass is 32.2. The average molecular weight is 338 g/mol. The Morgan fingerprint density at radius 2 is 1.78 bits per heavy atom. The molecule has 1 aromatic rings. The number of benzene rings is 1. The molecule has 23 heavy (non-hydrogen) atoms. The number of ketones is 1. The third-order valence-electron chi connectivity index (χ3n) is 2.67. The zero-order valence-electron chi connectivity index (χ0n) is 12.8. The molecule has 7 nitrogen and oxygen atoms in total. The van der Waals surface area contributed by atoms with E-state index >= 15 is 0 Å². The number of carbonyl (C=O) groups is 4. The van der Waals surface area contributed by atoms with Crippen molar-refractivity contribution in [2.24, 2.45) is 5.73 Å². The number of thioether (sulfide) groups is 1. The fourth-order valence-corrected chi connectivity index (χ4v) is 2.39. The first-order valence-corrected chi connectivity index (χ1v) is 7.76. The lowest BCUT2D eigenvalue weighted by Gasteiger charge is -2.13. The normalized spacial score (nSPS) is 11.4. The molecule has 8 heteroatoms. The maximum absolute atomic E-state index is 11.7. The first kappa shape index (κ1) is 18.7. The molecule has 1 aromatic carbocycles. The summed E-state index contributed by atoms with van der Waals surface area (Å²) in [6, 6.07) is 5.60. The lowest BCUT2D eigenvalue weighted by molar-refractivity contribution is -0.125. The molecule has 0 saturated carbocycles. The summed E-state index contributed by atoms with van der Waals surface area (Å²) >= 11 is 0.734. The first-order chi connectivity index (χ1) is 10.8. The van der Waals surface area contributed by atoms with E-state index in [2.05, 4.69) is 5.32 Å². The number of nitrogens with two attached hydrogens (primary N) is 1. The summed E-state index contributed by atoms with van der Waals surface area (Å²) in [6.45, 7) is 2.75. The zero-order chi connectivity index (χ0) is 17.4. The molecule has 1 atom stereocenters. The van der Waals surface area contributed by atoms with Gasteiger partial charge in [0, 0.05) is 19.1 Å². The highest BCUT2D eigenvalue weighted by Crippen LogP contribution is 2.17. The summed E-state index contributed by atoms with van der Waals surface area (Å²) in [5, 5.41) is 1.73. The summed E-state index contributed by atoms with van der Waals surface area (Å²) in [5.41, 5.74) is 5.96. The number of hydrogen-bond acceptors (Lipinski definition) is 6. The van der Waals surface area contributed by atoms with E-state index in [1.54, 1.807) is 24.3 Å². The van der Waals surface area contributed by atoms with E-state index in [1.807, 2.05) is 0 Å². The van der Waals surface area contributed by atoms with E-state index in [-0.39, 0.29) is 11.5 Å². The Kier molecular flexibility index (Phi) is 7.27. The topological polar surface area (TPSA) is 116 Å². The molecule has 0 spiro atoms. The molecule has 124 valence electrons. The third-order valence-corrected chi connectivity index (χ3v) is 3.49. The Labute approximate surface area is 137 Å². The quantitative estimate of drug-likeness (QED) is 0.718. The van der Waals surface area contributed by atoms with Gasteiger partial charge in [-0.2, -0.15) is 0 Å². The number of carbonyl (C=O) groups excluding carboxylic acids is 4. The van der Waals surface area contributed by atoms with Gasteiger partial charge in [0.25, 0.3) is 0 Å². The van der Waals surface area contributed by atoms with E-state index in [9.17, 15) is 19.2 Å². The van der Waals surface area contributed by atoms with Gasteiger partial charge >= 0.3 is 5.30 Å². The van der Waals surface area contributed by atoms with Crippen LogP contribution in [-0.4, -0.2) is 34.7 Å². The summed E-state index contributed by atoms with van der Waals surface area (Å²) in [6.07, 6.45) is 0.319. The summed E-state index contributed by atoms with van der Waals surface area (Å²) in [4.78, 5) is 44.8. The van der Waals surface area contributed by atoms with Crippen LogP contribution in [0.5, 0.6) is 5.75 Å². The van der Waals surface area contributed by atoms with Crippen LogP contribution in [0.25, 0.3) is 0 Å². The van der Waals surface area contributed by atoms with Gasteiger partial charge in [0.2, 0.25) is 11.8 Å². The molecule has 0 aliphatic carbocycles. The second-order valence-corrected chi connectivity index (χ2v) is 5.80. The minimum Gasteiger partial charge on any atom is -0.418 e. The van der Waals surface area contributed by atoms with Crippen molar-refractivity contribution < 1.29 is 23.9 Å². The third kappa shape index (κ3) is 7.46. The van der Waals surface area contributed by atoms with Crippen LogP contribution in [0.15, 0.2) is 24.3 Å². The molecule has 0 aliphatic rings. The van der Waals surface area contributed by atoms with E-state index in [1.165, 1.54) is 13.8 Å². The van der Waals surface area contributed by atoms with Crippen molar-refractivity contribution in [3.05, 3.63) is 29.8 Å². The summed E-state index contributed by atoms with van der Waals surface area (Å²) in [7, 11) is 0. The van der Waals surface area contributed by atoms with Crippen molar-refractivity contribution >= 4 is 34.7 Å². The van der Waals surface area contributed by atoms with Gasteiger partial charge in [0.05, 0.1) is 0 Å². The van der Waals surface area contributed by atoms with Crippen LogP contribution in [0.4, 0.5) is 4.79 Å². The maximum atomic E-state index is 11.7. The zero-order valence-corrected chi connectivity index (χ0v) is 13.6. The van der Waals surface area contributed by atoms with Crippen molar-refractivity contribution in [2.45, 2.75) is 26.3 Å². The van der Waals surface area contributed by atoms with Crippen molar-refractivity contribution in [3.63, 3.8) is 0 Å². The lowest BCUT2D eigenvalue weighted by atomic mass is 10.1. The fraction of sp³-hybridized carbons (Fsp3) is 0.333. The van der Waals surface area contributed by atoms with Crippen molar-refractivity contribution in [1.29, 1.82) is 0 Å². The minimum atomic E-state index is -0.942. The minimum absolute atomic E-state index is 0.0177. The Morgan fingerprint density at radius 3 is 2.26 bits per heavy atom. The Bertz CT molecular complexity index is 600. The van der Waals surface area contributed by atoms with Crippen molar-refractivity contribution in [2.75, 3.05) is 5.75 Å². The van der Waals surface area contributed by atoms with Gasteiger partial charge in [0.1, 0.15) is 17.6 Å². The smallest absolute Gasteiger partial charge is 0.372 e. The van der Waals surface area contributed by atoms with Crippen LogP contribution >= 0.6 is 11.8 Å². The van der Waals surface area contributed by atoms with Crippen LogP contribution in [0.3, 0.4) is 0 Å². The van der Waals surface area contributed by atoms with Gasteiger partial charge in [-0.25, -0.2) is 4.79 Å². The molecule has 3 N–H and O–H groups in total. The largest absolute Gasteiger partial charge is 0.418 e. The average Bonchev–Trinajstić information content (AvgIpc) is 2.44. The van der Waals surface area contributed by atoms with Gasteiger partial charge in [-0.1, -0.05) is 12.1 Å². The summed E-state index contributed by atoms with van der Waals surface area (Å²) < 4.78 is 5.08. The number of hydrogen-bond donors (Lipinski definition) is 2. The predicted octanol–water partition coefficient (Wildman–Crippen LogP) is 1.04. The second-order valence-electron chi connectivity index (χ2n) is 4.84. The van der Waals surface area contributed by atoms with Crippen molar-refractivity contribution in [1.82, 2.24) is 5.32 Å². The number of amides is 2. The monoisotopic (exact) mass is 338 g/mol.